The van der Waals surface area contributed by atoms with E-state index in [1.54, 1.807) is 18.2 Å². The third-order valence-electron chi connectivity index (χ3n) is 3.21. The van der Waals surface area contributed by atoms with Gasteiger partial charge in [-0.15, -0.1) is 0 Å². The highest BCUT2D eigenvalue weighted by molar-refractivity contribution is 5.87. The zero-order valence-electron chi connectivity index (χ0n) is 9.03. The Bertz CT molecular complexity index is 603. The Morgan fingerprint density at radius 2 is 2.24 bits per heavy atom. The summed E-state index contributed by atoms with van der Waals surface area (Å²) >= 11 is 0. The van der Waals surface area contributed by atoms with Crippen LogP contribution in [0.4, 0.5) is 0 Å². The van der Waals surface area contributed by atoms with Crippen molar-refractivity contribution in [3.8, 4) is 5.75 Å². The Labute approximate surface area is 97.1 Å². The topological polar surface area (TPSA) is 85.3 Å². The van der Waals surface area contributed by atoms with Gasteiger partial charge in [0.15, 0.2) is 0 Å². The number of carboxylic acids is 1. The molecule has 0 fully saturated rings. The van der Waals surface area contributed by atoms with Gasteiger partial charge < -0.3 is 15.2 Å². The van der Waals surface area contributed by atoms with E-state index in [4.69, 9.17) is 5.11 Å². The van der Waals surface area contributed by atoms with Crippen LogP contribution in [-0.2, 0) is 17.8 Å². The molecular weight excluding hydrogens is 220 g/mol. The van der Waals surface area contributed by atoms with Gasteiger partial charge in [0.05, 0.1) is 0 Å². The van der Waals surface area contributed by atoms with Gasteiger partial charge >= 0.3 is 5.97 Å². The highest BCUT2D eigenvalue weighted by Gasteiger charge is 2.26. The molecule has 0 amide bonds. The Morgan fingerprint density at radius 1 is 1.41 bits per heavy atom. The molecule has 0 saturated heterocycles. The minimum atomic E-state index is -0.842. The fraction of sp³-hybridized carbons (Fsp3) is 0.250. The molecule has 0 spiro atoms. The standard InChI is InChI=1S/C12H12N2O3/c15-6-1-2-9-7(3-6)8-4-10(12(16)17)13-5-11(8)14-9/h1-3,10,13-15H,4-5H2,(H,16,17). The smallest absolute Gasteiger partial charge is 0.321 e. The van der Waals surface area contributed by atoms with Crippen LogP contribution in [0.15, 0.2) is 18.2 Å². The summed E-state index contributed by atoms with van der Waals surface area (Å²) in [7, 11) is 0. The van der Waals surface area contributed by atoms with Crippen LogP contribution in [0.2, 0.25) is 0 Å². The number of rotatable bonds is 1. The molecule has 0 radical (unpaired) electrons. The van der Waals surface area contributed by atoms with E-state index >= 15 is 0 Å². The van der Waals surface area contributed by atoms with Crippen molar-refractivity contribution in [1.29, 1.82) is 0 Å². The number of aromatic nitrogens is 1. The van der Waals surface area contributed by atoms with E-state index in [0.717, 1.165) is 22.2 Å². The van der Waals surface area contributed by atoms with Crippen LogP contribution in [0, 0.1) is 0 Å². The van der Waals surface area contributed by atoms with Crippen LogP contribution in [0.25, 0.3) is 10.9 Å². The monoisotopic (exact) mass is 232 g/mol. The largest absolute Gasteiger partial charge is 0.508 e. The molecule has 1 aliphatic rings. The molecule has 1 aromatic heterocycles. The average molecular weight is 232 g/mol. The summed E-state index contributed by atoms with van der Waals surface area (Å²) < 4.78 is 0. The van der Waals surface area contributed by atoms with E-state index in [1.807, 2.05) is 0 Å². The van der Waals surface area contributed by atoms with Gasteiger partial charge in [0, 0.05) is 29.6 Å². The number of phenolic OH excluding ortho intramolecular Hbond substituents is 1. The Balaban J connectivity index is 2.13. The molecular formula is C12H12N2O3. The summed E-state index contributed by atoms with van der Waals surface area (Å²) in [6, 6.07) is 4.55. The quantitative estimate of drug-likeness (QED) is 0.590. The zero-order chi connectivity index (χ0) is 12.0. The van der Waals surface area contributed by atoms with Crippen molar-refractivity contribution in [3.05, 3.63) is 29.5 Å². The lowest BCUT2D eigenvalue weighted by Gasteiger charge is -2.20. The molecule has 1 atom stereocenters. The second kappa shape index (κ2) is 3.49. The number of hydrogen-bond acceptors (Lipinski definition) is 3. The number of hydrogen-bond donors (Lipinski definition) is 4. The van der Waals surface area contributed by atoms with Crippen molar-refractivity contribution in [2.75, 3.05) is 0 Å². The highest BCUT2D eigenvalue weighted by atomic mass is 16.4. The Hall–Kier alpha value is -2.01. The maximum Gasteiger partial charge on any atom is 0.321 e. The van der Waals surface area contributed by atoms with Gasteiger partial charge in [-0.2, -0.15) is 0 Å². The van der Waals surface area contributed by atoms with Gasteiger partial charge in [-0.05, 0) is 23.8 Å². The lowest BCUT2D eigenvalue weighted by molar-refractivity contribution is -0.139. The van der Waals surface area contributed by atoms with Crippen LogP contribution < -0.4 is 5.32 Å². The lowest BCUT2D eigenvalue weighted by atomic mass is 9.98. The first-order chi connectivity index (χ1) is 8.15. The number of carbonyl (C=O) groups is 1. The molecule has 2 aromatic rings. The van der Waals surface area contributed by atoms with Gasteiger partial charge in [-0.25, -0.2) is 0 Å². The molecule has 1 unspecified atom stereocenters. The maximum absolute atomic E-state index is 11.0. The summed E-state index contributed by atoms with van der Waals surface area (Å²) in [5.41, 5.74) is 2.92. The number of nitrogens with one attached hydrogen (secondary N) is 2. The third kappa shape index (κ3) is 1.55. The van der Waals surface area contributed by atoms with Crippen LogP contribution in [0.5, 0.6) is 5.75 Å². The number of carboxylic acid groups (broad SMARTS) is 1. The van der Waals surface area contributed by atoms with E-state index in [2.05, 4.69) is 10.3 Å². The van der Waals surface area contributed by atoms with E-state index in [0.29, 0.717) is 13.0 Å². The predicted octanol–water partition coefficient (Wildman–Crippen LogP) is 0.972. The molecule has 4 N–H and O–H groups in total. The van der Waals surface area contributed by atoms with Gasteiger partial charge in [-0.3, -0.25) is 10.1 Å². The van der Waals surface area contributed by atoms with Gasteiger partial charge in [0.1, 0.15) is 11.8 Å². The van der Waals surface area contributed by atoms with Crippen molar-refractivity contribution < 1.29 is 15.0 Å². The minimum absolute atomic E-state index is 0.199. The van der Waals surface area contributed by atoms with E-state index in [9.17, 15) is 9.90 Å². The normalized spacial score (nSPS) is 19.2. The number of benzene rings is 1. The molecule has 88 valence electrons. The molecule has 0 aliphatic carbocycles. The SMILES string of the molecule is O=C(O)C1Cc2c([nH]c3ccc(O)cc23)CN1. The summed E-state index contributed by atoms with van der Waals surface area (Å²) in [4.78, 5) is 14.2. The molecule has 3 rings (SSSR count). The van der Waals surface area contributed by atoms with Gasteiger partial charge in [0.2, 0.25) is 0 Å². The summed E-state index contributed by atoms with van der Waals surface area (Å²) in [5.74, 6) is -0.644. The molecule has 2 heterocycles. The van der Waals surface area contributed by atoms with Crippen molar-refractivity contribution in [1.82, 2.24) is 10.3 Å². The van der Waals surface area contributed by atoms with Crippen molar-refractivity contribution in [2.24, 2.45) is 0 Å². The summed E-state index contributed by atoms with van der Waals surface area (Å²) in [6.45, 7) is 0.516. The van der Waals surface area contributed by atoms with Crippen molar-refractivity contribution >= 4 is 16.9 Å². The van der Waals surface area contributed by atoms with Crippen LogP contribution in [-0.4, -0.2) is 27.2 Å². The fourth-order valence-electron chi connectivity index (χ4n) is 2.35. The number of aromatic hydroxyl groups is 1. The highest BCUT2D eigenvalue weighted by Crippen LogP contribution is 2.29. The number of H-pyrrole nitrogens is 1. The molecule has 5 nitrogen and oxygen atoms in total. The molecule has 0 saturated carbocycles. The number of phenols is 1. The number of aromatic amines is 1. The second-order valence-corrected chi connectivity index (χ2v) is 4.29. The van der Waals surface area contributed by atoms with Gasteiger partial charge in [-0.1, -0.05) is 0 Å². The van der Waals surface area contributed by atoms with E-state index < -0.39 is 12.0 Å². The first kappa shape index (κ1) is 10.2. The zero-order valence-corrected chi connectivity index (χ0v) is 9.03. The number of aliphatic carboxylic acids is 1. The van der Waals surface area contributed by atoms with E-state index in [-0.39, 0.29) is 5.75 Å². The third-order valence-corrected chi connectivity index (χ3v) is 3.21. The minimum Gasteiger partial charge on any atom is -0.508 e. The summed E-state index contributed by atoms with van der Waals surface area (Å²) in [6.07, 6.45) is 0.439. The summed E-state index contributed by atoms with van der Waals surface area (Å²) in [5, 5.41) is 22.4. The molecule has 17 heavy (non-hydrogen) atoms. The van der Waals surface area contributed by atoms with Crippen molar-refractivity contribution in [2.45, 2.75) is 19.0 Å². The first-order valence-corrected chi connectivity index (χ1v) is 5.44. The Morgan fingerprint density at radius 3 is 3.00 bits per heavy atom. The molecule has 0 bridgehead atoms. The lowest BCUT2D eigenvalue weighted by Crippen LogP contribution is -2.41. The van der Waals surface area contributed by atoms with Crippen LogP contribution >= 0.6 is 0 Å². The molecule has 5 heteroatoms. The Kier molecular flexibility index (Phi) is 2.09. The first-order valence-electron chi connectivity index (χ1n) is 5.44. The van der Waals surface area contributed by atoms with Crippen molar-refractivity contribution in [3.63, 3.8) is 0 Å². The van der Waals surface area contributed by atoms with Crippen LogP contribution in [0.1, 0.15) is 11.3 Å². The van der Waals surface area contributed by atoms with Gasteiger partial charge in [0.25, 0.3) is 0 Å². The maximum atomic E-state index is 11.0. The fourth-order valence-corrected chi connectivity index (χ4v) is 2.35. The predicted molar refractivity (Wildman–Crippen MR) is 61.9 cm³/mol. The second-order valence-electron chi connectivity index (χ2n) is 4.29. The van der Waals surface area contributed by atoms with E-state index in [1.165, 1.54) is 0 Å². The average Bonchev–Trinajstić information content (AvgIpc) is 2.66. The molecule has 1 aromatic carbocycles. The molecule has 1 aliphatic heterocycles. The van der Waals surface area contributed by atoms with Crippen LogP contribution in [0.3, 0.4) is 0 Å². The number of fused-ring (bicyclic) bond motifs is 3.